The van der Waals surface area contributed by atoms with Crippen molar-refractivity contribution in [2.24, 2.45) is 5.73 Å². The molecule has 0 amide bonds. The summed E-state index contributed by atoms with van der Waals surface area (Å²) in [5, 5.41) is 0. The average molecular weight is 218 g/mol. The molecule has 1 saturated heterocycles. The molecular weight excluding hydrogens is 200 g/mol. The van der Waals surface area contributed by atoms with Crippen LogP contribution in [0.3, 0.4) is 0 Å². The van der Waals surface area contributed by atoms with Gasteiger partial charge in [0.05, 0.1) is 0 Å². The molecule has 3 heteroatoms. The lowest BCUT2D eigenvalue weighted by Crippen LogP contribution is -2.39. The molecule has 0 saturated carbocycles. The van der Waals surface area contributed by atoms with Gasteiger partial charge in [-0.2, -0.15) is 0 Å². The highest BCUT2D eigenvalue weighted by Crippen LogP contribution is 2.25. The first-order valence-electron chi connectivity index (χ1n) is 5.63. The van der Waals surface area contributed by atoms with Gasteiger partial charge in [-0.15, -0.1) is 0 Å². The third-order valence-electron chi connectivity index (χ3n) is 3.12. The number of Topliss-reactive ketones (excluding diaryl/α,β-unsaturated/α-hetero) is 1. The van der Waals surface area contributed by atoms with E-state index < -0.39 is 0 Å². The van der Waals surface area contributed by atoms with Gasteiger partial charge in [0.25, 0.3) is 0 Å². The predicted molar refractivity (Wildman–Crippen MR) is 65.9 cm³/mol. The maximum absolute atomic E-state index is 11.3. The van der Waals surface area contributed by atoms with Crippen molar-refractivity contribution < 1.29 is 4.79 Å². The fraction of sp³-hybridized carbons (Fsp3) is 0.462. The zero-order valence-corrected chi connectivity index (χ0v) is 9.86. The number of hydrogen-bond donors (Lipinski definition) is 1. The summed E-state index contributed by atoms with van der Waals surface area (Å²) in [6, 6.07) is 7.76. The quantitative estimate of drug-likeness (QED) is 0.770. The number of rotatable bonds is 2. The third kappa shape index (κ3) is 2.25. The van der Waals surface area contributed by atoms with Gasteiger partial charge in [-0.1, -0.05) is 12.1 Å². The zero-order chi connectivity index (χ0) is 11.8. The van der Waals surface area contributed by atoms with Crippen LogP contribution in [-0.4, -0.2) is 24.4 Å². The highest BCUT2D eigenvalue weighted by atomic mass is 16.1. The summed E-state index contributed by atoms with van der Waals surface area (Å²) in [5.41, 5.74) is 7.86. The van der Waals surface area contributed by atoms with Crippen molar-refractivity contribution in [1.29, 1.82) is 0 Å². The van der Waals surface area contributed by atoms with Crippen LogP contribution < -0.4 is 10.6 Å². The Morgan fingerprint density at radius 2 is 2.25 bits per heavy atom. The van der Waals surface area contributed by atoms with Crippen LogP contribution in [0.1, 0.15) is 30.6 Å². The van der Waals surface area contributed by atoms with Crippen molar-refractivity contribution in [3.05, 3.63) is 29.8 Å². The minimum Gasteiger partial charge on any atom is -0.370 e. The number of nitrogens with zero attached hydrogens (tertiary/aromatic N) is 1. The van der Waals surface area contributed by atoms with E-state index >= 15 is 0 Å². The van der Waals surface area contributed by atoms with Crippen LogP contribution in [0.25, 0.3) is 0 Å². The Morgan fingerprint density at radius 3 is 2.81 bits per heavy atom. The number of anilines is 1. The van der Waals surface area contributed by atoms with E-state index in [9.17, 15) is 4.79 Å². The first-order chi connectivity index (χ1) is 7.48. The highest BCUT2D eigenvalue weighted by Gasteiger charge is 2.29. The molecule has 1 aliphatic heterocycles. The van der Waals surface area contributed by atoms with Gasteiger partial charge in [0.15, 0.2) is 5.78 Å². The Hall–Kier alpha value is -1.35. The van der Waals surface area contributed by atoms with Crippen molar-refractivity contribution in [3.63, 3.8) is 0 Å². The molecule has 2 rings (SSSR count). The van der Waals surface area contributed by atoms with Crippen LogP contribution in [0.5, 0.6) is 0 Å². The Morgan fingerprint density at radius 1 is 1.50 bits per heavy atom. The molecule has 0 bridgehead atoms. The second-order valence-corrected chi connectivity index (χ2v) is 4.93. The average Bonchev–Trinajstić information content (AvgIpc) is 2.59. The van der Waals surface area contributed by atoms with Crippen LogP contribution >= 0.6 is 0 Å². The third-order valence-corrected chi connectivity index (χ3v) is 3.12. The van der Waals surface area contributed by atoms with Crippen LogP contribution in [0, 0.1) is 0 Å². The largest absolute Gasteiger partial charge is 0.370 e. The first-order valence-corrected chi connectivity index (χ1v) is 5.63. The first kappa shape index (κ1) is 11.1. The van der Waals surface area contributed by atoms with Gasteiger partial charge < -0.3 is 10.6 Å². The molecule has 1 unspecified atom stereocenters. The molecule has 3 nitrogen and oxygen atoms in total. The number of carbonyl (C=O) groups excluding carboxylic acids is 1. The molecule has 86 valence electrons. The summed E-state index contributed by atoms with van der Waals surface area (Å²) in [7, 11) is 0. The fourth-order valence-corrected chi connectivity index (χ4v) is 2.13. The summed E-state index contributed by atoms with van der Waals surface area (Å²) < 4.78 is 0. The van der Waals surface area contributed by atoms with E-state index in [4.69, 9.17) is 5.73 Å². The summed E-state index contributed by atoms with van der Waals surface area (Å²) in [5.74, 6) is 0.108. The second kappa shape index (κ2) is 3.91. The molecule has 2 N–H and O–H groups in total. The van der Waals surface area contributed by atoms with E-state index in [0.717, 1.165) is 30.8 Å². The summed E-state index contributed by atoms with van der Waals surface area (Å²) in [4.78, 5) is 13.5. The maximum Gasteiger partial charge on any atom is 0.159 e. The monoisotopic (exact) mass is 218 g/mol. The van der Waals surface area contributed by atoms with Crippen LogP contribution in [0.4, 0.5) is 5.69 Å². The Kier molecular flexibility index (Phi) is 2.72. The maximum atomic E-state index is 11.3. The Balaban J connectivity index is 2.22. The molecule has 0 radical (unpaired) electrons. The predicted octanol–water partition coefficient (Wildman–Crippen LogP) is 1.82. The standard InChI is InChI=1S/C13H18N2O/c1-10(16)11-4-3-5-12(8-11)15-7-6-13(2,14)9-15/h3-5,8H,6-7,9,14H2,1-2H3. The van der Waals surface area contributed by atoms with E-state index in [2.05, 4.69) is 11.8 Å². The molecule has 0 spiro atoms. The molecule has 1 fully saturated rings. The van der Waals surface area contributed by atoms with E-state index in [1.165, 1.54) is 0 Å². The zero-order valence-electron chi connectivity index (χ0n) is 9.86. The van der Waals surface area contributed by atoms with Crippen molar-refractivity contribution in [3.8, 4) is 0 Å². The number of ketones is 1. The molecule has 1 heterocycles. The van der Waals surface area contributed by atoms with Gasteiger partial charge in [0.2, 0.25) is 0 Å². The molecule has 1 atom stereocenters. The SMILES string of the molecule is CC(=O)c1cccc(N2CCC(C)(N)C2)c1. The topological polar surface area (TPSA) is 46.3 Å². The Bertz CT molecular complexity index is 412. The normalized spacial score (nSPS) is 24.8. The molecule has 16 heavy (non-hydrogen) atoms. The summed E-state index contributed by atoms with van der Waals surface area (Å²) in [6.07, 6.45) is 0.997. The van der Waals surface area contributed by atoms with Gasteiger partial charge in [-0.25, -0.2) is 0 Å². The second-order valence-electron chi connectivity index (χ2n) is 4.93. The van der Waals surface area contributed by atoms with E-state index in [1.807, 2.05) is 24.3 Å². The molecule has 1 aliphatic rings. The van der Waals surface area contributed by atoms with E-state index in [-0.39, 0.29) is 11.3 Å². The number of hydrogen-bond acceptors (Lipinski definition) is 3. The number of nitrogens with two attached hydrogens (primary N) is 1. The fourth-order valence-electron chi connectivity index (χ4n) is 2.13. The van der Waals surface area contributed by atoms with Crippen LogP contribution in [0.2, 0.25) is 0 Å². The van der Waals surface area contributed by atoms with Crippen molar-refractivity contribution in [2.75, 3.05) is 18.0 Å². The lowest BCUT2D eigenvalue weighted by Gasteiger charge is -2.21. The number of benzene rings is 1. The molecule has 1 aromatic carbocycles. The van der Waals surface area contributed by atoms with Crippen molar-refractivity contribution >= 4 is 11.5 Å². The van der Waals surface area contributed by atoms with Gasteiger partial charge in [-0.3, -0.25) is 4.79 Å². The molecule has 0 aliphatic carbocycles. The van der Waals surface area contributed by atoms with Gasteiger partial charge in [-0.05, 0) is 32.4 Å². The van der Waals surface area contributed by atoms with Crippen molar-refractivity contribution in [2.45, 2.75) is 25.8 Å². The number of carbonyl (C=O) groups is 1. The highest BCUT2D eigenvalue weighted by molar-refractivity contribution is 5.95. The molecule has 1 aromatic rings. The van der Waals surface area contributed by atoms with Gasteiger partial charge >= 0.3 is 0 Å². The molecule has 0 aromatic heterocycles. The smallest absolute Gasteiger partial charge is 0.159 e. The van der Waals surface area contributed by atoms with E-state index in [0.29, 0.717) is 0 Å². The Labute approximate surface area is 96.2 Å². The van der Waals surface area contributed by atoms with Gasteiger partial charge in [0, 0.05) is 29.9 Å². The lowest BCUT2D eigenvalue weighted by molar-refractivity contribution is 0.101. The van der Waals surface area contributed by atoms with E-state index in [1.54, 1.807) is 6.92 Å². The van der Waals surface area contributed by atoms with Crippen molar-refractivity contribution in [1.82, 2.24) is 0 Å². The summed E-state index contributed by atoms with van der Waals surface area (Å²) in [6.45, 7) is 5.49. The van der Waals surface area contributed by atoms with Gasteiger partial charge in [0.1, 0.15) is 0 Å². The summed E-state index contributed by atoms with van der Waals surface area (Å²) >= 11 is 0. The minimum absolute atomic E-state index is 0.105. The minimum atomic E-state index is -0.105. The van der Waals surface area contributed by atoms with Crippen LogP contribution in [-0.2, 0) is 0 Å². The molecular formula is C13H18N2O. The van der Waals surface area contributed by atoms with Crippen LogP contribution in [0.15, 0.2) is 24.3 Å². The lowest BCUT2D eigenvalue weighted by atomic mass is 10.0.